The molecule has 0 spiro atoms. The zero-order valence-electron chi connectivity index (χ0n) is 24.3. The molecule has 2 aromatic heterocycles. The van der Waals surface area contributed by atoms with Gasteiger partial charge in [0.05, 0.1) is 45.7 Å². The quantitative estimate of drug-likeness (QED) is 0.458. The first-order chi connectivity index (χ1) is 17.8. The number of carbonyl (C=O) groups excluding carboxylic acids is 2. The molecule has 0 N–H and O–H groups in total. The average molecular weight is 525 g/mol. The van der Waals surface area contributed by atoms with Crippen LogP contribution >= 0.6 is 0 Å². The summed E-state index contributed by atoms with van der Waals surface area (Å²) in [5, 5.41) is 0. The standard InChI is InChI=1S/C30H44N4O4/c1-21(2)27(35)37-19-29(5,6)33-15-23-11-9-13-25(31-23)17-34(18-26-14-10-12-24(16-33)32-26)30(7,8)20-38-28(36)22(3)4/h9-14,21-22H,15-20H2,1-8H3. The molecule has 0 amide bonds. The molecule has 8 heteroatoms. The van der Waals surface area contributed by atoms with Gasteiger partial charge in [-0.05, 0) is 52.0 Å². The van der Waals surface area contributed by atoms with E-state index in [4.69, 9.17) is 19.4 Å². The average Bonchev–Trinajstić information content (AvgIpc) is 2.85. The Hall–Kier alpha value is -2.84. The minimum absolute atomic E-state index is 0.171. The van der Waals surface area contributed by atoms with Gasteiger partial charge in [-0.3, -0.25) is 29.4 Å². The molecule has 3 rings (SSSR count). The molecule has 0 aliphatic carbocycles. The smallest absolute Gasteiger partial charge is 0.308 e. The fourth-order valence-corrected chi connectivity index (χ4v) is 4.17. The first-order valence-corrected chi connectivity index (χ1v) is 13.5. The summed E-state index contributed by atoms with van der Waals surface area (Å²) in [5.74, 6) is -0.742. The molecule has 8 nitrogen and oxygen atoms in total. The van der Waals surface area contributed by atoms with Gasteiger partial charge in [-0.1, -0.05) is 39.8 Å². The minimum atomic E-state index is -0.432. The number of rotatable bonds is 8. The number of fused-ring (bicyclic) bond motifs is 4. The third-order valence-electron chi connectivity index (χ3n) is 6.93. The summed E-state index contributed by atoms with van der Waals surface area (Å²) in [5.41, 5.74) is 2.88. The molecule has 0 saturated carbocycles. The van der Waals surface area contributed by atoms with E-state index in [0.29, 0.717) is 26.2 Å². The summed E-state index contributed by atoms with van der Waals surface area (Å²) >= 11 is 0. The van der Waals surface area contributed by atoms with E-state index in [1.165, 1.54) is 0 Å². The fourth-order valence-electron chi connectivity index (χ4n) is 4.17. The fraction of sp³-hybridized carbons (Fsp3) is 0.600. The van der Waals surface area contributed by atoms with Crippen molar-refractivity contribution in [3.05, 3.63) is 59.2 Å². The maximum absolute atomic E-state index is 12.2. The van der Waals surface area contributed by atoms with E-state index in [-0.39, 0.29) is 37.0 Å². The molecule has 3 heterocycles. The van der Waals surface area contributed by atoms with Gasteiger partial charge in [0.2, 0.25) is 0 Å². The van der Waals surface area contributed by atoms with Gasteiger partial charge in [0, 0.05) is 26.2 Å². The summed E-state index contributed by atoms with van der Waals surface area (Å²) in [6, 6.07) is 12.2. The molecule has 0 fully saturated rings. The van der Waals surface area contributed by atoms with Crippen LogP contribution < -0.4 is 0 Å². The lowest BCUT2D eigenvalue weighted by atomic mass is 10.0. The summed E-state index contributed by atoms with van der Waals surface area (Å²) in [6.45, 7) is 18.6. The van der Waals surface area contributed by atoms with Gasteiger partial charge in [0.15, 0.2) is 0 Å². The van der Waals surface area contributed by atoms with E-state index in [0.717, 1.165) is 22.8 Å². The van der Waals surface area contributed by atoms with E-state index in [1.807, 2.05) is 64.1 Å². The Labute approximate surface area is 227 Å². The highest BCUT2D eigenvalue weighted by Gasteiger charge is 2.32. The highest BCUT2D eigenvalue weighted by molar-refractivity contribution is 5.71. The number of ether oxygens (including phenoxy) is 2. The first kappa shape index (κ1) is 29.7. The van der Waals surface area contributed by atoms with Crippen molar-refractivity contribution in [3.8, 4) is 0 Å². The Bertz CT molecular complexity index is 983. The van der Waals surface area contributed by atoms with Crippen molar-refractivity contribution in [1.82, 2.24) is 19.8 Å². The van der Waals surface area contributed by atoms with Crippen molar-refractivity contribution in [1.29, 1.82) is 0 Å². The van der Waals surface area contributed by atoms with Crippen molar-refractivity contribution < 1.29 is 19.1 Å². The van der Waals surface area contributed by atoms with E-state index in [1.54, 1.807) is 0 Å². The normalized spacial score (nSPS) is 15.6. The third-order valence-corrected chi connectivity index (χ3v) is 6.93. The molecule has 1 aliphatic rings. The van der Waals surface area contributed by atoms with Crippen LogP contribution in [0.3, 0.4) is 0 Å². The third kappa shape index (κ3) is 8.08. The molecule has 4 bridgehead atoms. The largest absolute Gasteiger partial charge is 0.464 e. The van der Waals surface area contributed by atoms with E-state index < -0.39 is 11.1 Å². The number of hydrogen-bond acceptors (Lipinski definition) is 8. The van der Waals surface area contributed by atoms with Crippen LogP contribution in [0.15, 0.2) is 36.4 Å². The lowest BCUT2D eigenvalue weighted by Crippen LogP contribution is -2.48. The molecule has 0 unspecified atom stereocenters. The van der Waals surface area contributed by atoms with Gasteiger partial charge < -0.3 is 9.47 Å². The summed E-state index contributed by atoms with van der Waals surface area (Å²) in [7, 11) is 0. The Morgan fingerprint density at radius 1 is 0.684 bits per heavy atom. The highest BCUT2D eigenvalue weighted by atomic mass is 16.5. The zero-order chi connectivity index (χ0) is 28.1. The van der Waals surface area contributed by atoms with Crippen LogP contribution in [0.25, 0.3) is 0 Å². The molecular weight excluding hydrogens is 480 g/mol. The van der Waals surface area contributed by atoms with Crippen molar-refractivity contribution in [3.63, 3.8) is 0 Å². The SMILES string of the molecule is CC(C)C(=O)OCC(C)(C)N1Cc2cccc(n2)CN(C(C)(C)COC(=O)C(C)C)Cc2cccc(n2)C1. The number of aromatic nitrogens is 2. The predicted molar refractivity (Wildman–Crippen MR) is 147 cm³/mol. The van der Waals surface area contributed by atoms with Crippen LogP contribution in [-0.4, -0.2) is 56.0 Å². The van der Waals surface area contributed by atoms with Gasteiger partial charge in [-0.15, -0.1) is 0 Å². The van der Waals surface area contributed by atoms with E-state index in [9.17, 15) is 9.59 Å². The molecule has 38 heavy (non-hydrogen) atoms. The molecular formula is C30H44N4O4. The second-order valence-corrected chi connectivity index (χ2v) is 12.1. The lowest BCUT2D eigenvalue weighted by molar-refractivity contribution is -0.152. The Morgan fingerprint density at radius 3 is 1.24 bits per heavy atom. The van der Waals surface area contributed by atoms with Crippen LogP contribution in [0.1, 0.15) is 78.2 Å². The Kier molecular flexibility index (Phi) is 9.65. The molecule has 1 aliphatic heterocycles. The monoisotopic (exact) mass is 524 g/mol. The Morgan fingerprint density at radius 2 is 0.974 bits per heavy atom. The van der Waals surface area contributed by atoms with Gasteiger partial charge in [0.1, 0.15) is 13.2 Å². The maximum atomic E-state index is 12.2. The minimum Gasteiger partial charge on any atom is -0.464 e. The van der Waals surface area contributed by atoms with E-state index >= 15 is 0 Å². The Balaban J connectivity index is 1.92. The molecule has 208 valence electrons. The van der Waals surface area contributed by atoms with Crippen molar-refractivity contribution in [2.24, 2.45) is 11.8 Å². The molecule has 2 aromatic rings. The number of nitrogens with zero attached hydrogens (tertiary/aromatic N) is 4. The van der Waals surface area contributed by atoms with Crippen molar-refractivity contribution in [2.45, 2.75) is 92.6 Å². The second-order valence-electron chi connectivity index (χ2n) is 12.1. The predicted octanol–water partition coefficient (Wildman–Crippen LogP) is 4.75. The molecule has 0 aromatic carbocycles. The van der Waals surface area contributed by atoms with Crippen LogP contribution in [0.5, 0.6) is 0 Å². The second kappa shape index (κ2) is 12.3. The van der Waals surface area contributed by atoms with Gasteiger partial charge in [-0.25, -0.2) is 0 Å². The highest BCUT2D eigenvalue weighted by Crippen LogP contribution is 2.25. The molecule has 0 radical (unpaired) electrons. The van der Waals surface area contributed by atoms with E-state index in [2.05, 4.69) is 37.5 Å². The van der Waals surface area contributed by atoms with Crippen molar-refractivity contribution in [2.75, 3.05) is 13.2 Å². The first-order valence-electron chi connectivity index (χ1n) is 13.5. The number of hydrogen-bond donors (Lipinski definition) is 0. The number of pyridine rings is 2. The maximum Gasteiger partial charge on any atom is 0.308 e. The van der Waals surface area contributed by atoms with Crippen LogP contribution in [-0.2, 0) is 45.2 Å². The van der Waals surface area contributed by atoms with Gasteiger partial charge >= 0.3 is 11.9 Å². The van der Waals surface area contributed by atoms with Gasteiger partial charge in [-0.2, -0.15) is 0 Å². The van der Waals surface area contributed by atoms with Crippen LogP contribution in [0.4, 0.5) is 0 Å². The molecule has 0 atom stereocenters. The molecule has 0 saturated heterocycles. The number of esters is 2. The van der Waals surface area contributed by atoms with Crippen molar-refractivity contribution >= 4 is 11.9 Å². The number of carbonyl (C=O) groups is 2. The van der Waals surface area contributed by atoms with Crippen LogP contribution in [0, 0.1) is 11.8 Å². The lowest BCUT2D eigenvalue weighted by Gasteiger charge is -2.39. The summed E-state index contributed by atoms with van der Waals surface area (Å²) in [4.78, 5) is 38.9. The topological polar surface area (TPSA) is 84.9 Å². The van der Waals surface area contributed by atoms with Crippen LogP contribution in [0.2, 0.25) is 0 Å². The summed E-state index contributed by atoms with van der Waals surface area (Å²) in [6.07, 6.45) is 0. The summed E-state index contributed by atoms with van der Waals surface area (Å²) < 4.78 is 11.3. The van der Waals surface area contributed by atoms with Gasteiger partial charge in [0.25, 0.3) is 0 Å². The zero-order valence-corrected chi connectivity index (χ0v) is 24.3.